The molecule has 0 bridgehead atoms. The Morgan fingerprint density at radius 2 is 2.11 bits per heavy atom. The number of amides is 2. The van der Waals surface area contributed by atoms with E-state index in [2.05, 4.69) is 33.2 Å². The molecule has 1 aliphatic rings. The summed E-state index contributed by atoms with van der Waals surface area (Å²) >= 11 is 0. The van der Waals surface area contributed by atoms with E-state index in [4.69, 9.17) is 0 Å². The van der Waals surface area contributed by atoms with E-state index in [1.165, 1.54) is 0 Å². The molecule has 0 spiro atoms. The number of aromatic nitrogens is 2. The van der Waals surface area contributed by atoms with Crippen LogP contribution >= 0.6 is 0 Å². The lowest BCUT2D eigenvalue weighted by Gasteiger charge is -2.35. The maximum absolute atomic E-state index is 12.8. The second-order valence-electron chi connectivity index (χ2n) is 7.02. The van der Waals surface area contributed by atoms with Crippen LogP contribution in [0.25, 0.3) is 0 Å². The molecule has 0 unspecified atom stereocenters. The van der Waals surface area contributed by atoms with E-state index in [1.807, 2.05) is 25.4 Å². The first-order chi connectivity index (χ1) is 13.6. The highest BCUT2D eigenvalue weighted by molar-refractivity contribution is 5.74. The number of nitrogens with one attached hydrogen (secondary N) is 1. The third kappa shape index (κ3) is 4.39. The van der Waals surface area contributed by atoms with E-state index in [1.54, 1.807) is 29.4 Å². The van der Waals surface area contributed by atoms with E-state index in [-0.39, 0.29) is 18.1 Å². The fourth-order valence-electron chi connectivity index (χ4n) is 3.70. The second kappa shape index (κ2) is 9.18. The molecule has 0 saturated carbocycles. The Morgan fingerprint density at radius 1 is 1.36 bits per heavy atom. The molecule has 1 atom stereocenters. The molecule has 0 radical (unpaired) electrons. The first-order valence-corrected chi connectivity index (χ1v) is 9.67. The molecule has 1 fully saturated rings. The van der Waals surface area contributed by atoms with Gasteiger partial charge in [0, 0.05) is 44.8 Å². The molecular weight excluding hydrogens is 352 g/mol. The van der Waals surface area contributed by atoms with Gasteiger partial charge in [-0.3, -0.25) is 4.98 Å². The largest absolute Gasteiger partial charge is 0.355 e. The van der Waals surface area contributed by atoms with Crippen molar-refractivity contribution in [1.82, 2.24) is 20.2 Å². The SMILES string of the molecule is CC[C@@H](c1cccnc1)N(C)C(=O)NC1CCN(c2ncccc2C#N)CC1. The molecule has 2 aromatic rings. The molecule has 7 nitrogen and oxygen atoms in total. The molecule has 3 rings (SSSR count). The number of carbonyl (C=O) groups excluding carboxylic acids is 1. The van der Waals surface area contributed by atoms with Gasteiger partial charge in [-0.2, -0.15) is 5.26 Å². The first kappa shape index (κ1) is 19.6. The van der Waals surface area contributed by atoms with Crippen LogP contribution in [0.2, 0.25) is 0 Å². The third-order valence-electron chi connectivity index (χ3n) is 5.27. The number of nitrogens with zero attached hydrogens (tertiary/aromatic N) is 5. The van der Waals surface area contributed by atoms with Crippen LogP contribution in [0.15, 0.2) is 42.9 Å². The van der Waals surface area contributed by atoms with Crippen molar-refractivity contribution in [2.75, 3.05) is 25.0 Å². The molecule has 7 heteroatoms. The zero-order chi connectivity index (χ0) is 19.9. The third-order valence-corrected chi connectivity index (χ3v) is 5.27. The summed E-state index contributed by atoms with van der Waals surface area (Å²) in [5.74, 6) is 0.731. The van der Waals surface area contributed by atoms with Crippen molar-refractivity contribution in [3.05, 3.63) is 54.0 Å². The average Bonchev–Trinajstić information content (AvgIpc) is 2.75. The fraction of sp³-hybridized carbons (Fsp3) is 0.429. The van der Waals surface area contributed by atoms with Crippen LogP contribution in [0.5, 0.6) is 0 Å². The number of pyridine rings is 2. The Bertz CT molecular complexity index is 826. The van der Waals surface area contributed by atoms with E-state index < -0.39 is 0 Å². The van der Waals surface area contributed by atoms with Crippen LogP contribution < -0.4 is 10.2 Å². The molecule has 1 saturated heterocycles. The van der Waals surface area contributed by atoms with Crippen LogP contribution in [0.3, 0.4) is 0 Å². The Balaban J connectivity index is 1.57. The standard InChI is InChI=1S/C21H26N6O/c1-3-19(17-7-4-10-23-15-17)26(2)21(28)25-18-8-12-27(13-9-18)20-16(14-22)6-5-11-24-20/h4-7,10-11,15,18-19H,3,8-9,12-13H2,1-2H3,(H,25,28)/t19-/m0/s1. The van der Waals surface area contributed by atoms with Gasteiger partial charge in [-0.25, -0.2) is 9.78 Å². The Morgan fingerprint density at radius 3 is 2.75 bits per heavy atom. The highest BCUT2D eigenvalue weighted by Gasteiger charge is 2.26. The zero-order valence-electron chi connectivity index (χ0n) is 16.4. The van der Waals surface area contributed by atoms with Crippen molar-refractivity contribution < 1.29 is 4.79 Å². The number of hydrogen-bond acceptors (Lipinski definition) is 5. The molecule has 146 valence electrons. The smallest absolute Gasteiger partial charge is 0.317 e. The second-order valence-corrected chi connectivity index (χ2v) is 7.02. The number of piperidine rings is 1. The van der Waals surface area contributed by atoms with E-state index >= 15 is 0 Å². The van der Waals surface area contributed by atoms with Crippen molar-refractivity contribution in [2.24, 2.45) is 0 Å². The highest BCUT2D eigenvalue weighted by atomic mass is 16.2. The fourth-order valence-corrected chi connectivity index (χ4v) is 3.70. The number of urea groups is 1. The predicted molar refractivity (Wildman–Crippen MR) is 108 cm³/mol. The number of anilines is 1. The van der Waals surface area contributed by atoms with Gasteiger partial charge in [-0.15, -0.1) is 0 Å². The molecule has 0 aromatic carbocycles. The van der Waals surface area contributed by atoms with Gasteiger partial charge in [0.05, 0.1) is 11.6 Å². The molecule has 2 amide bonds. The van der Waals surface area contributed by atoms with Crippen LogP contribution in [0.1, 0.15) is 43.4 Å². The van der Waals surface area contributed by atoms with Crippen molar-refractivity contribution in [3.63, 3.8) is 0 Å². The summed E-state index contributed by atoms with van der Waals surface area (Å²) in [6, 6.07) is 9.71. The van der Waals surface area contributed by atoms with Crippen molar-refractivity contribution in [1.29, 1.82) is 5.26 Å². The molecule has 0 aliphatic carbocycles. The molecular formula is C21H26N6O. The van der Waals surface area contributed by atoms with Gasteiger partial charge in [0.25, 0.3) is 0 Å². The summed E-state index contributed by atoms with van der Waals surface area (Å²) in [7, 11) is 1.83. The first-order valence-electron chi connectivity index (χ1n) is 9.67. The van der Waals surface area contributed by atoms with Gasteiger partial charge in [0.2, 0.25) is 0 Å². The van der Waals surface area contributed by atoms with Crippen molar-refractivity contribution >= 4 is 11.8 Å². The molecule has 1 N–H and O–H groups in total. The molecule has 2 aromatic heterocycles. The summed E-state index contributed by atoms with van der Waals surface area (Å²) in [5.41, 5.74) is 1.63. The minimum Gasteiger partial charge on any atom is -0.355 e. The van der Waals surface area contributed by atoms with E-state index in [0.29, 0.717) is 5.56 Å². The molecule has 3 heterocycles. The lowest BCUT2D eigenvalue weighted by atomic mass is 10.0. The van der Waals surface area contributed by atoms with Gasteiger partial charge in [-0.05, 0) is 43.0 Å². The van der Waals surface area contributed by atoms with Crippen LogP contribution in [0.4, 0.5) is 10.6 Å². The van der Waals surface area contributed by atoms with Gasteiger partial charge in [-0.1, -0.05) is 13.0 Å². The van der Waals surface area contributed by atoms with E-state index in [0.717, 1.165) is 43.7 Å². The van der Waals surface area contributed by atoms with Crippen LogP contribution in [-0.4, -0.2) is 47.1 Å². The lowest BCUT2D eigenvalue weighted by Crippen LogP contribution is -2.49. The topological polar surface area (TPSA) is 85.2 Å². The van der Waals surface area contributed by atoms with Gasteiger partial charge < -0.3 is 15.1 Å². The summed E-state index contributed by atoms with van der Waals surface area (Å²) < 4.78 is 0. The Hall–Kier alpha value is -3.14. The monoisotopic (exact) mass is 378 g/mol. The van der Waals surface area contributed by atoms with Crippen molar-refractivity contribution in [3.8, 4) is 6.07 Å². The average molecular weight is 378 g/mol. The van der Waals surface area contributed by atoms with E-state index in [9.17, 15) is 10.1 Å². The van der Waals surface area contributed by atoms with Crippen LogP contribution in [0, 0.1) is 11.3 Å². The zero-order valence-corrected chi connectivity index (χ0v) is 16.4. The summed E-state index contributed by atoms with van der Waals surface area (Å²) in [6.45, 7) is 3.60. The predicted octanol–water partition coefficient (Wildman–Crippen LogP) is 3.11. The minimum atomic E-state index is -0.0651. The Labute approximate surface area is 166 Å². The maximum atomic E-state index is 12.8. The normalized spacial score (nSPS) is 15.5. The quantitative estimate of drug-likeness (QED) is 0.864. The maximum Gasteiger partial charge on any atom is 0.317 e. The highest BCUT2D eigenvalue weighted by Crippen LogP contribution is 2.24. The number of hydrogen-bond donors (Lipinski definition) is 1. The lowest BCUT2D eigenvalue weighted by molar-refractivity contribution is 0.182. The number of rotatable bonds is 5. The van der Waals surface area contributed by atoms with Crippen LogP contribution in [-0.2, 0) is 0 Å². The number of carbonyl (C=O) groups is 1. The van der Waals surface area contributed by atoms with Gasteiger partial charge in [0.1, 0.15) is 11.9 Å². The summed E-state index contributed by atoms with van der Waals surface area (Å²) in [4.78, 5) is 25.2. The summed E-state index contributed by atoms with van der Waals surface area (Å²) in [6.07, 6.45) is 7.74. The molecule has 28 heavy (non-hydrogen) atoms. The summed E-state index contributed by atoms with van der Waals surface area (Å²) in [5, 5.41) is 12.4. The number of nitriles is 1. The van der Waals surface area contributed by atoms with Crippen molar-refractivity contribution in [2.45, 2.75) is 38.3 Å². The van der Waals surface area contributed by atoms with Gasteiger partial charge in [0.15, 0.2) is 0 Å². The minimum absolute atomic E-state index is 0.000458. The van der Waals surface area contributed by atoms with Gasteiger partial charge >= 0.3 is 6.03 Å². The molecule has 1 aliphatic heterocycles. The Kier molecular flexibility index (Phi) is 6.43.